The molecule has 2 bridgehead atoms. The summed E-state index contributed by atoms with van der Waals surface area (Å²) < 4.78 is 29.9. The Morgan fingerprint density at radius 3 is 2.50 bits per heavy atom. The molecule has 4 heteroatoms. The Morgan fingerprint density at radius 1 is 1.33 bits per heavy atom. The molecule has 2 nitrogen and oxygen atoms in total. The van der Waals surface area contributed by atoms with Gasteiger partial charge in [0.05, 0.1) is 18.2 Å². The summed E-state index contributed by atoms with van der Waals surface area (Å²) in [6.45, 7) is 0. The van der Waals surface area contributed by atoms with Gasteiger partial charge in [-0.05, 0) is 19.3 Å². The molecule has 0 aromatic carbocycles. The summed E-state index contributed by atoms with van der Waals surface area (Å²) in [6.07, 6.45) is 0.491. The quantitative estimate of drug-likeness (QED) is 0.686. The average molecular weight is 177 g/mol. The summed E-state index contributed by atoms with van der Waals surface area (Å²) in [5.41, 5.74) is 5.38. The van der Waals surface area contributed by atoms with Gasteiger partial charge in [0, 0.05) is 5.92 Å². The molecule has 0 aromatic heterocycles. The van der Waals surface area contributed by atoms with E-state index < -0.39 is 12.5 Å². The van der Waals surface area contributed by atoms with Gasteiger partial charge in [0.15, 0.2) is 0 Å². The van der Waals surface area contributed by atoms with Crippen LogP contribution in [0.4, 0.5) is 8.78 Å². The summed E-state index contributed by atoms with van der Waals surface area (Å²) in [5, 5.41) is 0. The van der Waals surface area contributed by atoms with Gasteiger partial charge < -0.3 is 10.5 Å². The molecule has 0 spiro atoms. The van der Waals surface area contributed by atoms with Gasteiger partial charge >= 0.3 is 0 Å². The molecular weight excluding hydrogens is 164 g/mol. The average Bonchev–Trinajstić information content (AvgIpc) is 2.62. The third kappa shape index (κ3) is 1.23. The van der Waals surface area contributed by atoms with Crippen LogP contribution < -0.4 is 5.73 Å². The second-order valence-electron chi connectivity index (χ2n) is 3.69. The topological polar surface area (TPSA) is 35.2 Å². The van der Waals surface area contributed by atoms with Crippen LogP contribution in [-0.2, 0) is 4.74 Å². The fraction of sp³-hybridized carbons (Fsp3) is 1.00. The van der Waals surface area contributed by atoms with Crippen LogP contribution in [0.5, 0.6) is 0 Å². The molecule has 0 radical (unpaired) electrons. The van der Waals surface area contributed by atoms with Crippen molar-refractivity contribution in [3.05, 3.63) is 0 Å². The fourth-order valence-electron chi connectivity index (χ4n) is 2.27. The Hall–Kier alpha value is -0.220. The molecule has 4 unspecified atom stereocenters. The predicted molar refractivity (Wildman–Crippen MR) is 40.0 cm³/mol. The highest BCUT2D eigenvalue weighted by molar-refractivity contribution is 4.94. The van der Waals surface area contributed by atoms with Gasteiger partial charge in [-0.3, -0.25) is 0 Å². The van der Waals surface area contributed by atoms with Crippen molar-refractivity contribution < 1.29 is 13.5 Å². The first-order valence-corrected chi connectivity index (χ1v) is 4.37. The molecule has 2 saturated heterocycles. The van der Waals surface area contributed by atoms with Crippen LogP contribution in [-0.4, -0.2) is 24.7 Å². The second-order valence-corrected chi connectivity index (χ2v) is 3.69. The normalized spacial score (nSPS) is 42.5. The summed E-state index contributed by atoms with van der Waals surface area (Å²) in [5.74, 6) is -0.108. The van der Waals surface area contributed by atoms with Gasteiger partial charge in [-0.25, -0.2) is 8.78 Å². The van der Waals surface area contributed by atoms with E-state index in [0.717, 1.165) is 19.3 Å². The van der Waals surface area contributed by atoms with Gasteiger partial charge in [-0.1, -0.05) is 0 Å². The largest absolute Gasteiger partial charge is 0.375 e. The molecule has 2 rings (SSSR count). The molecule has 4 atom stereocenters. The van der Waals surface area contributed by atoms with E-state index in [9.17, 15) is 8.78 Å². The Balaban J connectivity index is 1.97. The SMILES string of the molecule is NC(C(F)F)C1CC2CCC1O2. The minimum atomic E-state index is -2.40. The predicted octanol–water partition coefficient (Wildman–Crippen LogP) is 1.15. The molecule has 12 heavy (non-hydrogen) atoms. The molecule has 2 N–H and O–H groups in total. The highest BCUT2D eigenvalue weighted by atomic mass is 19.3. The molecular formula is C8H13F2NO. The lowest BCUT2D eigenvalue weighted by Gasteiger charge is -2.24. The molecule has 2 aliphatic heterocycles. The molecule has 0 amide bonds. The van der Waals surface area contributed by atoms with Gasteiger partial charge in [0.2, 0.25) is 0 Å². The molecule has 2 heterocycles. The lowest BCUT2D eigenvalue weighted by atomic mass is 9.84. The number of hydrogen-bond acceptors (Lipinski definition) is 2. The third-order valence-electron chi connectivity index (χ3n) is 2.94. The number of nitrogens with two attached hydrogens (primary N) is 1. The molecule has 2 aliphatic rings. The van der Waals surface area contributed by atoms with E-state index in [0.29, 0.717) is 0 Å². The molecule has 0 aliphatic carbocycles. The minimum Gasteiger partial charge on any atom is -0.375 e. The summed E-state index contributed by atoms with van der Waals surface area (Å²) in [6, 6.07) is -0.986. The maximum Gasteiger partial charge on any atom is 0.253 e. The van der Waals surface area contributed by atoms with E-state index in [1.165, 1.54) is 0 Å². The van der Waals surface area contributed by atoms with Crippen molar-refractivity contribution in [1.29, 1.82) is 0 Å². The number of alkyl halides is 2. The van der Waals surface area contributed by atoms with Crippen LogP contribution in [0.3, 0.4) is 0 Å². The van der Waals surface area contributed by atoms with Crippen molar-refractivity contribution in [2.75, 3.05) is 0 Å². The lowest BCUT2D eigenvalue weighted by molar-refractivity contribution is 0.0494. The number of halogens is 2. The maximum atomic E-state index is 12.2. The number of fused-ring (bicyclic) bond motifs is 2. The zero-order chi connectivity index (χ0) is 8.72. The molecule has 0 aromatic rings. The van der Waals surface area contributed by atoms with Gasteiger partial charge in [-0.15, -0.1) is 0 Å². The zero-order valence-electron chi connectivity index (χ0n) is 6.75. The van der Waals surface area contributed by atoms with Crippen LogP contribution in [0, 0.1) is 5.92 Å². The number of hydrogen-bond donors (Lipinski definition) is 1. The molecule has 70 valence electrons. The summed E-state index contributed by atoms with van der Waals surface area (Å²) >= 11 is 0. The first-order chi connectivity index (χ1) is 5.68. The Labute approximate surface area is 70.1 Å². The van der Waals surface area contributed by atoms with Crippen LogP contribution in [0.2, 0.25) is 0 Å². The van der Waals surface area contributed by atoms with Crippen LogP contribution in [0.15, 0.2) is 0 Å². The summed E-state index contributed by atoms with van der Waals surface area (Å²) in [4.78, 5) is 0. The number of ether oxygens (including phenoxy) is 1. The Kier molecular flexibility index (Phi) is 2.04. The standard InChI is InChI=1S/C8H13F2NO/c9-8(10)7(11)5-3-4-1-2-6(5)12-4/h4-8H,1-3,11H2. The van der Waals surface area contributed by atoms with E-state index in [4.69, 9.17) is 10.5 Å². The van der Waals surface area contributed by atoms with Crippen LogP contribution >= 0.6 is 0 Å². The van der Waals surface area contributed by atoms with E-state index in [2.05, 4.69) is 0 Å². The van der Waals surface area contributed by atoms with Gasteiger partial charge in [0.25, 0.3) is 6.43 Å². The number of rotatable bonds is 2. The highest BCUT2D eigenvalue weighted by Gasteiger charge is 2.45. The van der Waals surface area contributed by atoms with Crippen molar-refractivity contribution >= 4 is 0 Å². The van der Waals surface area contributed by atoms with E-state index in [1.54, 1.807) is 0 Å². The van der Waals surface area contributed by atoms with Crippen LogP contribution in [0.1, 0.15) is 19.3 Å². The van der Waals surface area contributed by atoms with E-state index >= 15 is 0 Å². The molecule has 0 saturated carbocycles. The van der Waals surface area contributed by atoms with Crippen molar-refractivity contribution in [2.24, 2.45) is 11.7 Å². The van der Waals surface area contributed by atoms with Crippen molar-refractivity contribution in [1.82, 2.24) is 0 Å². The smallest absolute Gasteiger partial charge is 0.253 e. The highest BCUT2D eigenvalue weighted by Crippen LogP contribution is 2.40. The zero-order valence-corrected chi connectivity index (χ0v) is 6.75. The fourth-order valence-corrected chi connectivity index (χ4v) is 2.27. The van der Waals surface area contributed by atoms with E-state index in [1.807, 2.05) is 0 Å². The summed E-state index contributed by atoms with van der Waals surface area (Å²) in [7, 11) is 0. The van der Waals surface area contributed by atoms with E-state index in [-0.39, 0.29) is 18.1 Å². The maximum absolute atomic E-state index is 12.2. The van der Waals surface area contributed by atoms with Gasteiger partial charge in [0.1, 0.15) is 0 Å². The Bertz CT molecular complexity index is 176. The Morgan fingerprint density at radius 2 is 2.08 bits per heavy atom. The third-order valence-corrected chi connectivity index (χ3v) is 2.94. The second kappa shape index (κ2) is 2.92. The first kappa shape index (κ1) is 8.38. The first-order valence-electron chi connectivity index (χ1n) is 4.37. The van der Waals surface area contributed by atoms with Crippen molar-refractivity contribution in [2.45, 2.75) is 43.9 Å². The molecule has 2 fully saturated rings. The minimum absolute atomic E-state index is 0.0130. The van der Waals surface area contributed by atoms with Crippen LogP contribution in [0.25, 0.3) is 0 Å². The van der Waals surface area contributed by atoms with Gasteiger partial charge in [-0.2, -0.15) is 0 Å². The van der Waals surface area contributed by atoms with Crippen molar-refractivity contribution in [3.8, 4) is 0 Å². The monoisotopic (exact) mass is 177 g/mol. The van der Waals surface area contributed by atoms with Crippen molar-refractivity contribution in [3.63, 3.8) is 0 Å². The lowest BCUT2D eigenvalue weighted by Crippen LogP contribution is -2.41.